The molecule has 0 spiro atoms. The van der Waals surface area contributed by atoms with E-state index in [0.717, 1.165) is 12.8 Å². The summed E-state index contributed by atoms with van der Waals surface area (Å²) in [6.45, 7) is 4.23. The van der Waals surface area contributed by atoms with Crippen molar-refractivity contribution in [3.8, 4) is 0 Å². The van der Waals surface area contributed by atoms with Crippen LogP contribution >= 0.6 is 34.8 Å². The lowest BCUT2D eigenvalue weighted by molar-refractivity contribution is 0.0452. The maximum absolute atomic E-state index is 12.5. The van der Waals surface area contributed by atoms with Gasteiger partial charge in [-0.3, -0.25) is 14.3 Å². The first kappa shape index (κ1) is 23.1. The Hall–Kier alpha value is -2.56. The minimum Gasteiger partial charge on any atom is -0.453 e. The van der Waals surface area contributed by atoms with Gasteiger partial charge in [0, 0.05) is 13.1 Å². The zero-order valence-electron chi connectivity index (χ0n) is 16.7. The molecule has 0 fully saturated rings. The predicted octanol–water partition coefficient (Wildman–Crippen LogP) is 3.00. The van der Waals surface area contributed by atoms with E-state index in [0.29, 0.717) is 13.1 Å². The standard InChI is InChI=1S/C18H19Cl3N6O4/c1-3-5-6-27-15-13(16(28)25-18(27)30)26(4-2)8(23-15)7-31-17(29)12-9(19)11(22)10(20)14(21)24-12/h3-7H2,1-2H3,(H2,22,24)(H,25,28,30). The maximum Gasteiger partial charge on any atom is 0.359 e. The van der Waals surface area contributed by atoms with E-state index in [1.54, 1.807) is 11.5 Å². The molecule has 0 radical (unpaired) electrons. The lowest BCUT2D eigenvalue weighted by Crippen LogP contribution is -2.31. The number of nitrogen functional groups attached to an aromatic ring is 1. The van der Waals surface area contributed by atoms with Crippen LogP contribution in [-0.4, -0.2) is 30.1 Å². The summed E-state index contributed by atoms with van der Waals surface area (Å²) in [5, 5.41) is -0.448. The number of rotatable bonds is 7. The molecule has 3 N–H and O–H groups in total. The van der Waals surface area contributed by atoms with Gasteiger partial charge in [-0.25, -0.2) is 19.6 Å². The van der Waals surface area contributed by atoms with Gasteiger partial charge in [-0.15, -0.1) is 0 Å². The molecule has 0 amide bonds. The molecular formula is C18H19Cl3N6O4. The lowest BCUT2D eigenvalue weighted by Gasteiger charge is -2.10. The van der Waals surface area contributed by atoms with Gasteiger partial charge in [-0.2, -0.15) is 0 Å². The van der Waals surface area contributed by atoms with Crippen molar-refractivity contribution in [2.75, 3.05) is 5.73 Å². The Morgan fingerprint density at radius 2 is 1.84 bits per heavy atom. The molecule has 31 heavy (non-hydrogen) atoms. The average Bonchev–Trinajstić information content (AvgIpc) is 3.11. The third kappa shape index (κ3) is 4.28. The van der Waals surface area contributed by atoms with Crippen molar-refractivity contribution in [3.05, 3.63) is 47.6 Å². The van der Waals surface area contributed by atoms with Gasteiger partial charge in [0.1, 0.15) is 17.5 Å². The zero-order valence-corrected chi connectivity index (χ0v) is 18.9. The van der Waals surface area contributed by atoms with Crippen LogP contribution < -0.4 is 17.0 Å². The second kappa shape index (κ2) is 9.29. The first-order chi connectivity index (χ1) is 14.7. The Morgan fingerprint density at radius 3 is 2.48 bits per heavy atom. The number of nitrogens with one attached hydrogen (secondary N) is 1. The number of H-pyrrole nitrogens is 1. The number of carbonyl (C=O) groups excluding carboxylic acids is 1. The van der Waals surface area contributed by atoms with Crippen LogP contribution in [0.2, 0.25) is 15.2 Å². The summed E-state index contributed by atoms with van der Waals surface area (Å²) in [6.07, 6.45) is 1.58. The molecule has 0 aromatic carbocycles. The van der Waals surface area contributed by atoms with E-state index in [1.807, 2.05) is 6.92 Å². The number of unbranched alkanes of at least 4 members (excludes halogenated alkanes) is 1. The molecular weight excluding hydrogens is 471 g/mol. The molecule has 3 heterocycles. The molecule has 0 unspecified atom stereocenters. The summed E-state index contributed by atoms with van der Waals surface area (Å²) >= 11 is 17.8. The van der Waals surface area contributed by atoms with Gasteiger partial charge < -0.3 is 15.0 Å². The van der Waals surface area contributed by atoms with Crippen LogP contribution in [0.5, 0.6) is 0 Å². The number of fused-ring (bicyclic) bond motifs is 1. The summed E-state index contributed by atoms with van der Waals surface area (Å²) < 4.78 is 8.25. The van der Waals surface area contributed by atoms with Gasteiger partial charge in [0.15, 0.2) is 22.0 Å². The van der Waals surface area contributed by atoms with E-state index < -0.39 is 17.2 Å². The highest BCUT2D eigenvalue weighted by atomic mass is 35.5. The normalized spacial score (nSPS) is 11.3. The zero-order chi connectivity index (χ0) is 22.9. The molecule has 0 saturated carbocycles. The third-order valence-corrected chi connectivity index (χ3v) is 5.75. The number of aromatic nitrogens is 5. The Morgan fingerprint density at radius 1 is 1.13 bits per heavy atom. The van der Waals surface area contributed by atoms with E-state index in [-0.39, 0.29) is 50.2 Å². The fourth-order valence-corrected chi connectivity index (χ4v) is 3.64. The van der Waals surface area contributed by atoms with Gasteiger partial charge >= 0.3 is 11.7 Å². The fraction of sp³-hybridized carbons (Fsp3) is 0.389. The molecule has 3 rings (SSSR count). The number of nitrogens with zero attached hydrogens (tertiary/aromatic N) is 4. The number of hydrogen-bond donors (Lipinski definition) is 2. The number of pyridine rings is 1. The number of imidazole rings is 1. The van der Waals surface area contributed by atoms with Crippen LogP contribution in [0, 0.1) is 0 Å². The number of carbonyl (C=O) groups is 1. The Balaban J connectivity index is 1.99. The van der Waals surface area contributed by atoms with Gasteiger partial charge in [0.25, 0.3) is 5.56 Å². The minimum absolute atomic E-state index is 0.0692. The maximum atomic E-state index is 12.5. The van der Waals surface area contributed by atoms with Crippen LogP contribution in [0.4, 0.5) is 5.69 Å². The highest BCUT2D eigenvalue weighted by Gasteiger charge is 2.23. The first-order valence-electron chi connectivity index (χ1n) is 9.40. The molecule has 3 aromatic heterocycles. The van der Waals surface area contributed by atoms with Crippen LogP contribution in [0.3, 0.4) is 0 Å². The number of aryl methyl sites for hydroxylation is 2. The molecule has 13 heteroatoms. The van der Waals surface area contributed by atoms with Gasteiger partial charge in [-0.1, -0.05) is 48.1 Å². The minimum atomic E-state index is -0.901. The van der Waals surface area contributed by atoms with Crippen molar-refractivity contribution >= 4 is 57.6 Å². The number of halogens is 3. The smallest absolute Gasteiger partial charge is 0.359 e. The summed E-state index contributed by atoms with van der Waals surface area (Å²) in [5.74, 6) is -0.626. The number of anilines is 1. The monoisotopic (exact) mass is 488 g/mol. The van der Waals surface area contributed by atoms with Gasteiger partial charge in [-0.05, 0) is 13.3 Å². The van der Waals surface area contributed by atoms with E-state index in [2.05, 4.69) is 15.0 Å². The summed E-state index contributed by atoms with van der Waals surface area (Å²) in [5.41, 5.74) is 4.67. The molecule has 0 saturated heterocycles. The highest BCUT2D eigenvalue weighted by Crippen LogP contribution is 2.34. The average molecular weight is 490 g/mol. The fourth-order valence-electron chi connectivity index (χ4n) is 3.06. The second-order valence-electron chi connectivity index (χ2n) is 6.58. The molecule has 0 atom stereocenters. The van der Waals surface area contributed by atoms with Crippen LogP contribution in [-0.2, 0) is 24.4 Å². The number of hydrogen-bond acceptors (Lipinski definition) is 7. The number of esters is 1. The number of nitrogens with two attached hydrogens (primary N) is 1. The van der Waals surface area contributed by atoms with Crippen molar-refractivity contribution in [1.29, 1.82) is 0 Å². The molecule has 166 valence electrons. The van der Waals surface area contributed by atoms with Crippen LogP contribution in [0.15, 0.2) is 9.59 Å². The Bertz CT molecular complexity index is 1280. The van der Waals surface area contributed by atoms with Crippen molar-refractivity contribution in [3.63, 3.8) is 0 Å². The molecule has 0 bridgehead atoms. The largest absolute Gasteiger partial charge is 0.453 e. The van der Waals surface area contributed by atoms with Crippen LogP contribution in [0.25, 0.3) is 11.2 Å². The quantitative estimate of drug-likeness (QED) is 0.384. The van der Waals surface area contributed by atoms with Crippen molar-refractivity contribution < 1.29 is 9.53 Å². The molecule has 3 aromatic rings. The topological polar surface area (TPSA) is 138 Å². The molecule has 0 aliphatic heterocycles. The van der Waals surface area contributed by atoms with Crippen molar-refractivity contribution in [1.82, 2.24) is 24.1 Å². The summed E-state index contributed by atoms with van der Waals surface area (Å²) in [7, 11) is 0. The summed E-state index contributed by atoms with van der Waals surface area (Å²) in [4.78, 5) is 47.7. The number of aromatic amines is 1. The Labute approximate surface area is 190 Å². The van der Waals surface area contributed by atoms with E-state index in [1.165, 1.54) is 4.57 Å². The van der Waals surface area contributed by atoms with E-state index >= 15 is 0 Å². The molecule has 10 nitrogen and oxygen atoms in total. The van der Waals surface area contributed by atoms with E-state index in [4.69, 9.17) is 45.3 Å². The Kier molecular flexibility index (Phi) is 6.93. The first-order valence-corrected chi connectivity index (χ1v) is 10.5. The van der Waals surface area contributed by atoms with Crippen molar-refractivity contribution in [2.45, 2.75) is 46.4 Å². The van der Waals surface area contributed by atoms with Gasteiger partial charge in [0.05, 0.1) is 10.7 Å². The van der Waals surface area contributed by atoms with E-state index in [9.17, 15) is 14.4 Å². The van der Waals surface area contributed by atoms with Gasteiger partial charge in [0.2, 0.25) is 0 Å². The predicted molar refractivity (Wildman–Crippen MR) is 118 cm³/mol. The third-order valence-electron chi connectivity index (χ3n) is 4.61. The lowest BCUT2D eigenvalue weighted by atomic mass is 10.3. The van der Waals surface area contributed by atoms with Crippen molar-refractivity contribution in [2.24, 2.45) is 0 Å². The molecule has 0 aliphatic rings. The molecule has 0 aliphatic carbocycles. The number of ether oxygens (including phenoxy) is 1. The second-order valence-corrected chi connectivity index (χ2v) is 7.69. The SMILES string of the molecule is CCCCn1c(=O)[nH]c(=O)c2c1nc(COC(=O)c1nc(Cl)c(Cl)c(N)c1Cl)n2CC. The van der Waals surface area contributed by atoms with Crippen LogP contribution in [0.1, 0.15) is 43.0 Å². The highest BCUT2D eigenvalue weighted by molar-refractivity contribution is 6.46. The summed E-state index contributed by atoms with van der Waals surface area (Å²) in [6, 6.07) is 0.